The molecule has 154 valence electrons. The van der Waals surface area contributed by atoms with Gasteiger partial charge in [0.2, 0.25) is 5.91 Å². The topological polar surface area (TPSA) is 70.7 Å². The fourth-order valence-corrected chi connectivity index (χ4v) is 3.49. The Kier molecular flexibility index (Phi) is 7.90. The maximum Gasteiger partial charge on any atom is 0.258 e. The first-order chi connectivity index (χ1) is 14.1. The van der Waals surface area contributed by atoms with E-state index in [0.29, 0.717) is 17.3 Å². The van der Waals surface area contributed by atoms with E-state index in [1.807, 2.05) is 18.2 Å². The molecule has 1 atom stereocenters. The zero-order valence-electron chi connectivity index (χ0n) is 16.3. The SMILES string of the molecule is O=C(CNC(=O)COc1ccc(Cl)cc1)NCC(c1ccccc1)N1CCCC1. The van der Waals surface area contributed by atoms with Gasteiger partial charge >= 0.3 is 0 Å². The first-order valence-electron chi connectivity index (χ1n) is 9.82. The lowest BCUT2D eigenvalue weighted by Gasteiger charge is -2.28. The molecule has 0 saturated carbocycles. The van der Waals surface area contributed by atoms with Gasteiger partial charge in [-0.2, -0.15) is 0 Å². The molecule has 29 heavy (non-hydrogen) atoms. The molecule has 1 unspecified atom stereocenters. The Balaban J connectivity index is 1.41. The summed E-state index contributed by atoms with van der Waals surface area (Å²) >= 11 is 5.81. The summed E-state index contributed by atoms with van der Waals surface area (Å²) in [7, 11) is 0. The van der Waals surface area contributed by atoms with Crippen molar-refractivity contribution in [1.82, 2.24) is 15.5 Å². The highest BCUT2D eigenvalue weighted by Crippen LogP contribution is 2.24. The van der Waals surface area contributed by atoms with E-state index in [1.165, 1.54) is 18.4 Å². The van der Waals surface area contributed by atoms with Crippen molar-refractivity contribution in [2.24, 2.45) is 0 Å². The Labute approximate surface area is 176 Å². The lowest BCUT2D eigenvalue weighted by molar-refractivity contribution is -0.127. The van der Waals surface area contributed by atoms with Gasteiger partial charge in [0.05, 0.1) is 12.6 Å². The molecule has 1 heterocycles. The molecule has 7 heteroatoms. The van der Waals surface area contributed by atoms with Crippen LogP contribution in [-0.4, -0.2) is 49.5 Å². The molecule has 1 fully saturated rings. The summed E-state index contributed by atoms with van der Waals surface area (Å²) in [5.41, 5.74) is 1.19. The molecule has 3 rings (SSSR count). The molecule has 0 bridgehead atoms. The number of rotatable bonds is 9. The Morgan fingerprint density at radius 1 is 0.966 bits per heavy atom. The number of hydrogen-bond acceptors (Lipinski definition) is 4. The molecule has 1 aliphatic rings. The highest BCUT2D eigenvalue weighted by Gasteiger charge is 2.23. The van der Waals surface area contributed by atoms with Crippen LogP contribution in [0.3, 0.4) is 0 Å². The maximum absolute atomic E-state index is 12.2. The third-order valence-electron chi connectivity index (χ3n) is 4.89. The van der Waals surface area contributed by atoms with E-state index in [-0.39, 0.29) is 31.0 Å². The molecule has 0 radical (unpaired) electrons. The van der Waals surface area contributed by atoms with Crippen molar-refractivity contribution < 1.29 is 14.3 Å². The molecule has 2 aromatic carbocycles. The molecule has 2 amide bonds. The fourth-order valence-electron chi connectivity index (χ4n) is 3.37. The first-order valence-corrected chi connectivity index (χ1v) is 10.2. The van der Waals surface area contributed by atoms with Crippen LogP contribution in [0.25, 0.3) is 0 Å². The van der Waals surface area contributed by atoms with Crippen molar-refractivity contribution in [1.29, 1.82) is 0 Å². The van der Waals surface area contributed by atoms with E-state index < -0.39 is 0 Å². The Bertz CT molecular complexity index is 793. The number of ether oxygens (including phenoxy) is 1. The average Bonchev–Trinajstić information content (AvgIpc) is 3.27. The van der Waals surface area contributed by atoms with E-state index >= 15 is 0 Å². The number of hydrogen-bond donors (Lipinski definition) is 2. The Morgan fingerprint density at radius 2 is 1.66 bits per heavy atom. The quantitative estimate of drug-likeness (QED) is 0.660. The van der Waals surface area contributed by atoms with Crippen molar-refractivity contribution in [2.45, 2.75) is 18.9 Å². The summed E-state index contributed by atoms with van der Waals surface area (Å²) in [6.07, 6.45) is 2.36. The first kappa shape index (κ1) is 21.1. The van der Waals surface area contributed by atoms with Gasteiger partial charge in [0, 0.05) is 11.6 Å². The van der Waals surface area contributed by atoms with Crippen molar-refractivity contribution >= 4 is 23.4 Å². The van der Waals surface area contributed by atoms with Crippen LogP contribution < -0.4 is 15.4 Å². The maximum atomic E-state index is 12.2. The average molecular weight is 416 g/mol. The second kappa shape index (κ2) is 10.8. The smallest absolute Gasteiger partial charge is 0.258 e. The Morgan fingerprint density at radius 3 is 2.34 bits per heavy atom. The number of carbonyl (C=O) groups is 2. The van der Waals surface area contributed by atoms with E-state index in [0.717, 1.165) is 13.1 Å². The minimum Gasteiger partial charge on any atom is -0.484 e. The summed E-state index contributed by atoms with van der Waals surface area (Å²) in [5.74, 6) is -0.0236. The van der Waals surface area contributed by atoms with E-state index in [2.05, 4.69) is 27.7 Å². The van der Waals surface area contributed by atoms with Crippen LogP contribution in [0.2, 0.25) is 5.02 Å². The highest BCUT2D eigenvalue weighted by molar-refractivity contribution is 6.30. The zero-order valence-corrected chi connectivity index (χ0v) is 17.0. The standard InChI is InChI=1S/C22H26ClN3O3/c23-18-8-10-19(11-9-18)29-16-22(28)25-15-21(27)24-14-20(26-12-4-5-13-26)17-6-2-1-3-7-17/h1-3,6-11,20H,4-5,12-16H2,(H,24,27)(H,25,28). The molecule has 2 N–H and O–H groups in total. The van der Waals surface area contributed by atoms with Crippen LogP contribution in [-0.2, 0) is 9.59 Å². The molecule has 0 spiro atoms. The van der Waals surface area contributed by atoms with Gasteiger partial charge in [-0.1, -0.05) is 41.9 Å². The van der Waals surface area contributed by atoms with Crippen LogP contribution in [0.15, 0.2) is 54.6 Å². The summed E-state index contributed by atoms with van der Waals surface area (Å²) < 4.78 is 5.37. The van der Waals surface area contributed by atoms with E-state index in [1.54, 1.807) is 24.3 Å². The van der Waals surface area contributed by atoms with E-state index in [4.69, 9.17) is 16.3 Å². The second-order valence-corrected chi connectivity index (χ2v) is 7.43. The summed E-state index contributed by atoms with van der Waals surface area (Å²) in [6, 6.07) is 17.1. The van der Waals surface area contributed by atoms with Gasteiger partial charge in [0.15, 0.2) is 6.61 Å². The predicted molar refractivity (Wildman–Crippen MR) is 113 cm³/mol. The van der Waals surface area contributed by atoms with Gasteiger partial charge in [0.1, 0.15) is 5.75 Å². The summed E-state index contributed by atoms with van der Waals surface area (Å²) in [5, 5.41) is 6.12. The number of halogens is 1. The molecular formula is C22H26ClN3O3. The number of likely N-dealkylation sites (tertiary alicyclic amines) is 1. The van der Waals surface area contributed by atoms with Gasteiger partial charge in [0.25, 0.3) is 5.91 Å². The second-order valence-electron chi connectivity index (χ2n) is 6.99. The third kappa shape index (κ3) is 6.76. The van der Waals surface area contributed by atoms with Gasteiger partial charge in [-0.15, -0.1) is 0 Å². The van der Waals surface area contributed by atoms with Crippen LogP contribution in [0.4, 0.5) is 0 Å². The predicted octanol–water partition coefficient (Wildman–Crippen LogP) is 2.79. The lowest BCUT2D eigenvalue weighted by Crippen LogP contribution is -2.42. The van der Waals surface area contributed by atoms with Gasteiger partial charge < -0.3 is 15.4 Å². The van der Waals surface area contributed by atoms with Gasteiger partial charge in [-0.25, -0.2) is 0 Å². The van der Waals surface area contributed by atoms with Gasteiger partial charge in [-0.05, 0) is 55.8 Å². The number of amides is 2. The van der Waals surface area contributed by atoms with Crippen molar-refractivity contribution in [2.75, 3.05) is 32.8 Å². The minimum absolute atomic E-state index is 0.0790. The number of carbonyl (C=O) groups excluding carboxylic acids is 2. The van der Waals surface area contributed by atoms with Crippen molar-refractivity contribution in [3.05, 3.63) is 65.2 Å². The van der Waals surface area contributed by atoms with Crippen molar-refractivity contribution in [3.63, 3.8) is 0 Å². The highest BCUT2D eigenvalue weighted by atomic mass is 35.5. The summed E-state index contributed by atoms with van der Waals surface area (Å²) in [4.78, 5) is 26.5. The number of nitrogens with one attached hydrogen (secondary N) is 2. The molecule has 2 aromatic rings. The minimum atomic E-state index is -0.353. The van der Waals surface area contributed by atoms with E-state index in [9.17, 15) is 9.59 Å². The largest absolute Gasteiger partial charge is 0.484 e. The molecule has 6 nitrogen and oxygen atoms in total. The third-order valence-corrected chi connectivity index (χ3v) is 5.14. The van der Waals surface area contributed by atoms with Gasteiger partial charge in [-0.3, -0.25) is 14.5 Å². The fraction of sp³-hybridized carbons (Fsp3) is 0.364. The van der Waals surface area contributed by atoms with Crippen LogP contribution in [0, 0.1) is 0 Å². The monoisotopic (exact) mass is 415 g/mol. The Hall–Kier alpha value is -2.57. The molecule has 0 aliphatic carbocycles. The number of nitrogens with zero attached hydrogens (tertiary/aromatic N) is 1. The molecular weight excluding hydrogens is 390 g/mol. The molecule has 1 saturated heterocycles. The molecule has 1 aliphatic heterocycles. The lowest BCUT2D eigenvalue weighted by atomic mass is 10.1. The van der Waals surface area contributed by atoms with Crippen LogP contribution in [0.5, 0.6) is 5.75 Å². The molecule has 0 aromatic heterocycles. The van der Waals surface area contributed by atoms with Crippen LogP contribution in [0.1, 0.15) is 24.4 Å². The number of benzene rings is 2. The summed E-state index contributed by atoms with van der Waals surface area (Å²) in [6.45, 7) is 2.35. The zero-order chi connectivity index (χ0) is 20.5. The van der Waals surface area contributed by atoms with Crippen molar-refractivity contribution in [3.8, 4) is 5.75 Å². The normalized spacial score (nSPS) is 14.9. The van der Waals surface area contributed by atoms with Crippen LogP contribution >= 0.6 is 11.6 Å².